The number of carbonyl (C=O) groups excluding carboxylic acids is 1. The van der Waals surface area contributed by atoms with Gasteiger partial charge in [-0.1, -0.05) is 0 Å². The van der Waals surface area contributed by atoms with Crippen LogP contribution in [0.1, 0.15) is 43.2 Å². The topological polar surface area (TPSA) is 68.6 Å². The fraction of sp³-hybridized carbons (Fsp3) is 0.481. The molecule has 4 rings (SSSR count). The monoisotopic (exact) mass is 532 g/mol. The number of carbonyl (C=O) groups is 1. The molecule has 1 amide bonds. The highest BCUT2D eigenvalue weighted by atomic mass is 32.1. The predicted molar refractivity (Wildman–Crippen MR) is 139 cm³/mol. The molecule has 0 radical (unpaired) electrons. The number of nitrogens with one attached hydrogen (secondary N) is 1. The highest BCUT2D eigenvalue weighted by molar-refractivity contribution is 7.80. The molecule has 198 valence electrons. The molecule has 2 aliphatic rings. The van der Waals surface area contributed by atoms with Gasteiger partial charge in [0.25, 0.3) is 0 Å². The summed E-state index contributed by atoms with van der Waals surface area (Å²) >= 11 is 4.34. The molecule has 1 aliphatic heterocycles. The first-order chi connectivity index (χ1) is 17.7. The van der Waals surface area contributed by atoms with Gasteiger partial charge in [-0.25, -0.2) is 0 Å². The molecule has 1 saturated heterocycles. The molecule has 1 saturated carbocycles. The summed E-state index contributed by atoms with van der Waals surface area (Å²) in [5.74, 6) is -0.00920. The molecule has 37 heavy (non-hydrogen) atoms. The van der Waals surface area contributed by atoms with Gasteiger partial charge in [0.1, 0.15) is 6.61 Å². The Morgan fingerprint density at radius 2 is 1.78 bits per heavy atom. The first kappa shape index (κ1) is 27.1. The van der Waals surface area contributed by atoms with Crippen LogP contribution in [0.3, 0.4) is 0 Å². The largest absolute Gasteiger partial charge is 0.417 e. The van der Waals surface area contributed by atoms with E-state index in [-0.39, 0.29) is 30.2 Å². The van der Waals surface area contributed by atoms with Crippen LogP contribution in [0, 0.1) is 11.3 Å². The molecule has 10 heteroatoms. The Hall–Kier alpha value is -2.90. The zero-order chi connectivity index (χ0) is 26.4. The van der Waals surface area contributed by atoms with Crippen molar-refractivity contribution in [2.45, 2.75) is 55.3 Å². The minimum atomic E-state index is -4.58. The van der Waals surface area contributed by atoms with Crippen molar-refractivity contribution in [1.29, 1.82) is 5.26 Å². The lowest BCUT2D eigenvalue weighted by atomic mass is 9.92. The maximum Gasteiger partial charge on any atom is 0.417 e. The van der Waals surface area contributed by atoms with Gasteiger partial charge in [-0.05, 0) is 74.6 Å². The summed E-state index contributed by atoms with van der Waals surface area (Å²) in [6, 6.07) is 13.3. The highest BCUT2D eigenvalue weighted by Crippen LogP contribution is 2.34. The van der Waals surface area contributed by atoms with Crippen molar-refractivity contribution in [2.75, 3.05) is 43.0 Å². The Kier molecular flexibility index (Phi) is 8.87. The molecule has 0 spiro atoms. The second-order valence-electron chi connectivity index (χ2n) is 9.54. The number of nitrogens with zero attached hydrogens (tertiary/aromatic N) is 3. The van der Waals surface area contributed by atoms with E-state index in [1.807, 2.05) is 29.2 Å². The van der Waals surface area contributed by atoms with Crippen LogP contribution in [-0.2, 0) is 15.7 Å². The zero-order valence-electron chi connectivity index (χ0n) is 20.5. The van der Waals surface area contributed by atoms with Crippen LogP contribution in [0.15, 0.2) is 47.4 Å². The van der Waals surface area contributed by atoms with Crippen molar-refractivity contribution in [3.8, 4) is 6.07 Å². The first-order valence-electron chi connectivity index (χ1n) is 12.5. The number of anilines is 2. The van der Waals surface area contributed by atoms with E-state index < -0.39 is 11.7 Å². The second-order valence-corrected chi connectivity index (χ2v) is 10.1. The lowest BCUT2D eigenvalue weighted by Gasteiger charge is -2.30. The number of halogens is 3. The molecular formula is C27H31F3N4O2S. The van der Waals surface area contributed by atoms with Crippen LogP contribution in [-0.4, -0.2) is 55.7 Å². The number of benzene rings is 2. The van der Waals surface area contributed by atoms with Crippen LogP contribution in [0.2, 0.25) is 0 Å². The number of hydrogen-bond acceptors (Lipinski definition) is 6. The third-order valence-corrected chi connectivity index (χ3v) is 7.29. The van der Waals surface area contributed by atoms with Crippen molar-refractivity contribution in [2.24, 2.45) is 0 Å². The molecule has 1 N–H and O–H groups in total. The van der Waals surface area contributed by atoms with E-state index in [0.29, 0.717) is 18.8 Å². The third-order valence-electron chi connectivity index (χ3n) is 7.00. The van der Waals surface area contributed by atoms with Gasteiger partial charge >= 0.3 is 6.18 Å². The van der Waals surface area contributed by atoms with Crippen molar-refractivity contribution in [3.05, 3.63) is 53.6 Å². The van der Waals surface area contributed by atoms with Gasteiger partial charge in [0.15, 0.2) is 0 Å². The van der Waals surface area contributed by atoms with Crippen molar-refractivity contribution in [3.63, 3.8) is 0 Å². The number of rotatable bonds is 6. The number of nitriles is 1. The Morgan fingerprint density at radius 1 is 1.05 bits per heavy atom. The van der Waals surface area contributed by atoms with Gasteiger partial charge in [-0.15, -0.1) is 12.6 Å². The highest BCUT2D eigenvalue weighted by Gasteiger charge is 2.34. The van der Waals surface area contributed by atoms with E-state index in [2.05, 4.69) is 22.8 Å². The summed E-state index contributed by atoms with van der Waals surface area (Å²) < 4.78 is 45.6. The molecular weight excluding hydrogens is 501 g/mol. The maximum atomic E-state index is 13.2. The average molecular weight is 533 g/mol. The average Bonchev–Trinajstić information content (AvgIpc) is 3.14. The maximum absolute atomic E-state index is 13.2. The Balaban J connectivity index is 1.21. The lowest BCUT2D eigenvalue weighted by molar-refractivity contribution is -0.139. The molecule has 1 heterocycles. The van der Waals surface area contributed by atoms with E-state index in [9.17, 15) is 18.0 Å². The van der Waals surface area contributed by atoms with Crippen molar-refractivity contribution in [1.82, 2.24) is 4.90 Å². The van der Waals surface area contributed by atoms with Crippen LogP contribution in [0.5, 0.6) is 0 Å². The number of amides is 1. The number of thiol groups is 1. The van der Waals surface area contributed by atoms with Crippen molar-refractivity contribution >= 4 is 29.9 Å². The molecule has 0 aromatic heterocycles. The Morgan fingerprint density at radius 3 is 2.46 bits per heavy atom. The third kappa shape index (κ3) is 7.33. The van der Waals surface area contributed by atoms with Crippen LogP contribution >= 0.6 is 12.6 Å². The quantitative estimate of drug-likeness (QED) is 0.492. The SMILES string of the molecule is N#Cc1ccc(NC2CCC(OCC(=O)N3CCCN(c4ccc(S)cc4)CC3)CC2)cc1C(F)(F)F. The standard InChI is InChI=1S/C27H31F3N4O2S/c28-27(29,30)25-16-21(3-2-19(25)17-31)32-20-4-8-23(9-5-20)36-18-26(35)34-13-1-12-33(14-15-34)22-6-10-24(37)11-7-22/h2-3,6-7,10-11,16,20,23,32,37H,1,4-5,8-9,12-15,18H2. The summed E-state index contributed by atoms with van der Waals surface area (Å²) in [4.78, 5) is 17.9. The molecule has 0 atom stereocenters. The number of alkyl halides is 3. The number of hydrogen-bond donors (Lipinski definition) is 2. The summed E-state index contributed by atoms with van der Waals surface area (Å²) in [7, 11) is 0. The van der Waals surface area contributed by atoms with E-state index in [1.165, 1.54) is 12.1 Å². The minimum absolute atomic E-state index is 0.00920. The molecule has 2 fully saturated rings. The summed E-state index contributed by atoms with van der Waals surface area (Å²) in [5.41, 5.74) is 0.166. The van der Waals surface area contributed by atoms with Crippen LogP contribution < -0.4 is 10.2 Å². The Bertz CT molecular complexity index is 1110. The van der Waals surface area contributed by atoms with Gasteiger partial charge in [0.2, 0.25) is 5.91 Å². The zero-order valence-corrected chi connectivity index (χ0v) is 21.4. The lowest BCUT2D eigenvalue weighted by Crippen LogP contribution is -2.39. The van der Waals surface area contributed by atoms with Gasteiger partial charge in [-0.3, -0.25) is 4.79 Å². The van der Waals surface area contributed by atoms with Crippen LogP contribution in [0.25, 0.3) is 0 Å². The van der Waals surface area contributed by atoms with E-state index in [0.717, 1.165) is 61.8 Å². The van der Waals surface area contributed by atoms with Crippen LogP contribution in [0.4, 0.5) is 24.5 Å². The number of ether oxygens (including phenoxy) is 1. The molecule has 0 bridgehead atoms. The smallest absolute Gasteiger partial charge is 0.382 e. The van der Waals surface area contributed by atoms with E-state index in [1.54, 1.807) is 6.07 Å². The molecule has 2 aromatic rings. The molecule has 1 aliphatic carbocycles. The van der Waals surface area contributed by atoms with Crippen molar-refractivity contribution < 1.29 is 22.7 Å². The predicted octanol–water partition coefficient (Wildman–Crippen LogP) is 5.34. The second kappa shape index (κ2) is 12.1. The molecule has 6 nitrogen and oxygen atoms in total. The van der Waals surface area contributed by atoms with E-state index in [4.69, 9.17) is 10.00 Å². The minimum Gasteiger partial charge on any atom is -0.382 e. The summed E-state index contributed by atoms with van der Waals surface area (Å²) in [6.07, 6.45) is -0.837. The summed E-state index contributed by atoms with van der Waals surface area (Å²) in [5, 5.41) is 12.1. The fourth-order valence-electron chi connectivity index (χ4n) is 4.94. The molecule has 0 unspecified atom stereocenters. The summed E-state index contributed by atoms with van der Waals surface area (Å²) in [6.45, 7) is 3.04. The van der Waals surface area contributed by atoms with Gasteiger partial charge in [0, 0.05) is 48.5 Å². The van der Waals surface area contributed by atoms with Gasteiger partial charge in [-0.2, -0.15) is 18.4 Å². The molecule has 2 aromatic carbocycles. The Labute approximate surface area is 220 Å². The van der Waals surface area contributed by atoms with Gasteiger partial charge < -0.3 is 19.9 Å². The van der Waals surface area contributed by atoms with Gasteiger partial charge in [0.05, 0.1) is 23.3 Å². The normalized spacial score (nSPS) is 20.7. The fourth-order valence-corrected chi connectivity index (χ4v) is 5.09. The first-order valence-corrected chi connectivity index (χ1v) is 13.0. The van der Waals surface area contributed by atoms with E-state index >= 15 is 0 Å².